The summed E-state index contributed by atoms with van der Waals surface area (Å²) in [6, 6.07) is 0. The van der Waals surface area contributed by atoms with Crippen LogP contribution >= 0.6 is 22.6 Å². The van der Waals surface area contributed by atoms with E-state index >= 15 is 0 Å². The van der Waals surface area contributed by atoms with Gasteiger partial charge < -0.3 is 9.47 Å². The Morgan fingerprint density at radius 2 is 1.81 bits per heavy atom. The molecule has 0 aromatic heterocycles. The molecule has 0 bridgehead atoms. The molecule has 3 nitrogen and oxygen atoms in total. The lowest BCUT2D eigenvalue weighted by Gasteiger charge is -2.08. The first-order chi connectivity index (χ1) is 10.0. The highest BCUT2D eigenvalue weighted by atomic mass is 127. The molecule has 0 aromatic carbocycles. The minimum atomic E-state index is -0.535. The van der Waals surface area contributed by atoms with Crippen LogP contribution in [0.25, 0.3) is 0 Å². The molecule has 1 atom stereocenters. The first-order valence-corrected chi connectivity index (χ1v) is 8.79. The smallest absolute Gasteiger partial charge is 0.427 e. The van der Waals surface area contributed by atoms with Gasteiger partial charge in [-0.3, -0.25) is 0 Å². The fourth-order valence-corrected chi connectivity index (χ4v) is 2.75. The molecule has 0 spiro atoms. The van der Waals surface area contributed by atoms with Gasteiger partial charge in [0.25, 0.3) is 0 Å². The van der Waals surface area contributed by atoms with Gasteiger partial charge in [-0.1, -0.05) is 43.4 Å². The Labute approximate surface area is 140 Å². The third-order valence-electron chi connectivity index (χ3n) is 3.95. The second-order valence-electron chi connectivity index (χ2n) is 5.74. The summed E-state index contributed by atoms with van der Waals surface area (Å²) < 4.78 is 10.3. The van der Waals surface area contributed by atoms with Crippen LogP contribution in [0.2, 0.25) is 0 Å². The third kappa shape index (κ3) is 4.34. The number of carbonyl (C=O) groups excluding carboxylic acids is 1. The van der Waals surface area contributed by atoms with Gasteiger partial charge in [-0.25, -0.2) is 4.79 Å². The molecule has 0 saturated heterocycles. The molecule has 0 amide bonds. The van der Waals surface area contributed by atoms with Crippen LogP contribution in [0.5, 0.6) is 0 Å². The normalized spacial score (nSPS) is 31.6. The Morgan fingerprint density at radius 3 is 2.43 bits per heavy atom. The van der Waals surface area contributed by atoms with E-state index in [2.05, 4.69) is 43.4 Å². The molecule has 2 rings (SSSR count). The van der Waals surface area contributed by atoms with Crippen LogP contribution in [-0.2, 0) is 9.47 Å². The number of ether oxygens (including phenoxy) is 2. The lowest BCUT2D eigenvalue weighted by molar-refractivity contribution is 0.0320. The largest absolute Gasteiger partial charge is 0.509 e. The first-order valence-electron chi connectivity index (χ1n) is 7.55. The van der Waals surface area contributed by atoms with Crippen molar-refractivity contribution in [3.05, 3.63) is 36.5 Å². The maximum atomic E-state index is 11.5. The predicted molar refractivity (Wildman–Crippen MR) is 92.4 cm³/mol. The monoisotopic (exact) mass is 402 g/mol. The summed E-state index contributed by atoms with van der Waals surface area (Å²) in [5.74, 6) is 0. The third-order valence-corrected chi connectivity index (χ3v) is 4.20. The van der Waals surface area contributed by atoms with E-state index in [1.165, 1.54) is 0 Å². The van der Waals surface area contributed by atoms with Gasteiger partial charge in [0.05, 0.1) is 0 Å². The van der Waals surface area contributed by atoms with E-state index in [0.717, 1.165) is 32.1 Å². The zero-order valence-corrected chi connectivity index (χ0v) is 14.8. The fourth-order valence-electron chi connectivity index (χ4n) is 2.54. The van der Waals surface area contributed by atoms with Crippen LogP contribution < -0.4 is 0 Å². The average Bonchev–Trinajstić information content (AvgIpc) is 3.17. The van der Waals surface area contributed by atoms with Crippen molar-refractivity contribution >= 4 is 28.7 Å². The van der Waals surface area contributed by atoms with Gasteiger partial charge in [-0.15, -0.1) is 0 Å². The summed E-state index contributed by atoms with van der Waals surface area (Å²) in [6.07, 6.45) is 17.5. The Balaban J connectivity index is 1.64. The van der Waals surface area contributed by atoms with Crippen LogP contribution in [-0.4, -0.2) is 15.9 Å². The number of hydrogen-bond donors (Lipinski definition) is 0. The van der Waals surface area contributed by atoms with Gasteiger partial charge in [0.1, 0.15) is 5.60 Å². The molecule has 2 aliphatic carbocycles. The number of rotatable bonds is 8. The Bertz CT molecular complexity index is 457. The van der Waals surface area contributed by atoms with Crippen molar-refractivity contribution < 1.29 is 14.3 Å². The summed E-state index contributed by atoms with van der Waals surface area (Å²) in [7, 11) is 0. The van der Waals surface area contributed by atoms with Crippen molar-refractivity contribution in [1.29, 1.82) is 0 Å². The second kappa shape index (κ2) is 6.99. The number of alkyl halides is 1. The van der Waals surface area contributed by atoms with Crippen LogP contribution in [0.4, 0.5) is 4.79 Å². The molecule has 2 saturated carbocycles. The lowest BCUT2D eigenvalue weighted by Crippen LogP contribution is -2.15. The molecule has 0 aliphatic heterocycles. The quantitative estimate of drug-likeness (QED) is 0.239. The van der Waals surface area contributed by atoms with E-state index in [1.807, 2.05) is 29.5 Å². The molecule has 21 heavy (non-hydrogen) atoms. The van der Waals surface area contributed by atoms with E-state index in [4.69, 9.17) is 9.47 Å². The van der Waals surface area contributed by atoms with Crippen molar-refractivity contribution in [3.63, 3.8) is 0 Å². The lowest BCUT2D eigenvalue weighted by atomic mass is 10.2. The predicted octanol–water partition coefficient (Wildman–Crippen LogP) is 5.31. The van der Waals surface area contributed by atoms with E-state index in [9.17, 15) is 4.79 Å². The van der Waals surface area contributed by atoms with E-state index < -0.39 is 6.16 Å². The standard InChI is InChI=1S/C17H23IO3/c1-3-4-5-6-7-8-9-10-11-16-12-17(16,13-16)21-15(19)20-14(2)18/h4-5,7-8,10-11,14H,3,6,9,12-13H2,1-2H3/b5-4-,8-7-,11-10-. The Kier molecular flexibility index (Phi) is 5.52. The number of hydrogen-bond acceptors (Lipinski definition) is 3. The summed E-state index contributed by atoms with van der Waals surface area (Å²) in [5, 5.41) is 0. The Morgan fingerprint density at radius 1 is 1.19 bits per heavy atom. The Hall–Kier alpha value is -0.780. The van der Waals surface area contributed by atoms with Gasteiger partial charge in [0, 0.05) is 18.3 Å². The van der Waals surface area contributed by atoms with Crippen molar-refractivity contribution in [2.24, 2.45) is 5.41 Å². The highest BCUT2D eigenvalue weighted by Crippen LogP contribution is 2.81. The van der Waals surface area contributed by atoms with Crippen LogP contribution in [0.15, 0.2) is 36.5 Å². The zero-order valence-electron chi connectivity index (χ0n) is 12.7. The molecule has 0 radical (unpaired) electrons. The average molecular weight is 402 g/mol. The number of fused-ring (bicyclic) bond motifs is 1. The minimum absolute atomic E-state index is 0.122. The molecule has 0 heterocycles. The highest BCUT2D eigenvalue weighted by molar-refractivity contribution is 14.1. The van der Waals surface area contributed by atoms with Gasteiger partial charge in [-0.05, 0) is 48.8 Å². The van der Waals surface area contributed by atoms with Crippen molar-refractivity contribution in [2.75, 3.05) is 0 Å². The van der Waals surface area contributed by atoms with Gasteiger partial charge in [0.2, 0.25) is 0 Å². The topological polar surface area (TPSA) is 35.5 Å². The van der Waals surface area contributed by atoms with Gasteiger partial charge in [-0.2, -0.15) is 0 Å². The maximum Gasteiger partial charge on any atom is 0.509 e. The van der Waals surface area contributed by atoms with Gasteiger partial charge >= 0.3 is 6.16 Å². The number of halogens is 1. The zero-order chi connectivity index (χ0) is 15.3. The summed E-state index contributed by atoms with van der Waals surface area (Å²) >= 11 is 2.04. The minimum Gasteiger partial charge on any atom is -0.427 e. The van der Waals surface area contributed by atoms with E-state index in [1.54, 1.807) is 0 Å². The van der Waals surface area contributed by atoms with Crippen LogP contribution in [0.1, 0.15) is 46.0 Å². The molecule has 1 unspecified atom stereocenters. The van der Waals surface area contributed by atoms with Gasteiger partial charge in [0.15, 0.2) is 4.11 Å². The maximum absolute atomic E-state index is 11.5. The van der Waals surface area contributed by atoms with E-state index in [-0.39, 0.29) is 15.1 Å². The van der Waals surface area contributed by atoms with Crippen molar-refractivity contribution in [2.45, 2.75) is 55.7 Å². The summed E-state index contributed by atoms with van der Waals surface area (Å²) in [4.78, 5) is 11.5. The molecular weight excluding hydrogens is 379 g/mol. The number of carbonyl (C=O) groups is 1. The summed E-state index contributed by atoms with van der Waals surface area (Å²) in [5.41, 5.74) is -0.115. The highest BCUT2D eigenvalue weighted by Gasteiger charge is 2.85. The van der Waals surface area contributed by atoms with Crippen molar-refractivity contribution in [1.82, 2.24) is 0 Å². The molecule has 116 valence electrons. The van der Waals surface area contributed by atoms with Crippen LogP contribution in [0, 0.1) is 5.41 Å². The molecule has 0 N–H and O–H groups in total. The molecule has 4 heteroatoms. The molecule has 2 fully saturated rings. The summed E-state index contributed by atoms with van der Waals surface area (Å²) in [6.45, 7) is 3.95. The number of allylic oxidation sites excluding steroid dienone is 5. The second-order valence-corrected chi connectivity index (χ2v) is 7.50. The molecule has 2 aliphatic rings. The molecule has 0 aromatic rings. The fraction of sp³-hybridized carbons (Fsp3) is 0.588. The van der Waals surface area contributed by atoms with Crippen LogP contribution in [0.3, 0.4) is 0 Å². The van der Waals surface area contributed by atoms with E-state index in [0.29, 0.717) is 0 Å². The first kappa shape index (κ1) is 16.6. The SMILES string of the molecule is CC/C=C\C/C=C\C/C=C\C12CC1(OC(=O)OC(C)I)C2. The molecular formula is C17H23IO3. The van der Waals surface area contributed by atoms with Crippen molar-refractivity contribution in [3.8, 4) is 0 Å².